The highest BCUT2D eigenvalue weighted by Gasteiger charge is 2.09. The first-order chi connectivity index (χ1) is 10.1. The Kier molecular flexibility index (Phi) is 5.17. The number of hydrogen-bond acceptors (Lipinski definition) is 3. The first-order valence-corrected chi connectivity index (χ1v) is 6.83. The maximum absolute atomic E-state index is 13.2. The minimum atomic E-state index is -0.219. The lowest BCUT2D eigenvalue weighted by molar-refractivity contribution is 0.389. The summed E-state index contributed by atoms with van der Waals surface area (Å²) in [4.78, 5) is 0. The van der Waals surface area contributed by atoms with Crippen molar-refractivity contribution in [3.63, 3.8) is 0 Å². The SMILES string of the molecule is COc1ccc(CN[C@@H](C)c2cccc(F)c2)c(OC)c1. The lowest BCUT2D eigenvalue weighted by Crippen LogP contribution is -2.18. The smallest absolute Gasteiger partial charge is 0.127 e. The molecule has 112 valence electrons. The van der Waals surface area contributed by atoms with E-state index in [1.807, 2.05) is 31.2 Å². The molecular weight excluding hydrogens is 269 g/mol. The van der Waals surface area contributed by atoms with Crippen molar-refractivity contribution in [3.05, 3.63) is 59.4 Å². The summed E-state index contributed by atoms with van der Waals surface area (Å²) in [5, 5.41) is 3.37. The van der Waals surface area contributed by atoms with Gasteiger partial charge in [-0.3, -0.25) is 0 Å². The highest BCUT2D eigenvalue weighted by atomic mass is 19.1. The summed E-state index contributed by atoms with van der Waals surface area (Å²) < 4.78 is 23.8. The number of benzene rings is 2. The van der Waals surface area contributed by atoms with Crippen LogP contribution in [-0.2, 0) is 6.54 Å². The summed E-state index contributed by atoms with van der Waals surface area (Å²) >= 11 is 0. The van der Waals surface area contributed by atoms with Gasteiger partial charge in [-0.1, -0.05) is 18.2 Å². The fourth-order valence-electron chi connectivity index (χ4n) is 2.15. The van der Waals surface area contributed by atoms with Crippen LogP contribution in [0.2, 0.25) is 0 Å². The molecule has 4 heteroatoms. The summed E-state index contributed by atoms with van der Waals surface area (Å²) in [5.41, 5.74) is 1.95. The van der Waals surface area contributed by atoms with E-state index in [0.717, 1.165) is 22.6 Å². The number of ether oxygens (including phenoxy) is 2. The van der Waals surface area contributed by atoms with Crippen LogP contribution in [0.25, 0.3) is 0 Å². The lowest BCUT2D eigenvalue weighted by atomic mass is 10.1. The Bertz CT molecular complexity index is 601. The van der Waals surface area contributed by atoms with E-state index in [1.165, 1.54) is 6.07 Å². The molecule has 0 fully saturated rings. The summed E-state index contributed by atoms with van der Waals surface area (Å²) in [6, 6.07) is 12.4. The molecule has 0 spiro atoms. The molecule has 0 saturated heterocycles. The first kappa shape index (κ1) is 15.3. The molecular formula is C17H20FNO2. The van der Waals surface area contributed by atoms with Crippen LogP contribution in [0.1, 0.15) is 24.1 Å². The van der Waals surface area contributed by atoms with Gasteiger partial charge in [0.05, 0.1) is 14.2 Å². The molecule has 0 radical (unpaired) electrons. The topological polar surface area (TPSA) is 30.5 Å². The summed E-state index contributed by atoms with van der Waals surface area (Å²) in [6.07, 6.45) is 0. The largest absolute Gasteiger partial charge is 0.497 e. The molecule has 0 aliphatic rings. The molecule has 1 N–H and O–H groups in total. The molecule has 21 heavy (non-hydrogen) atoms. The molecule has 0 aliphatic carbocycles. The Hall–Kier alpha value is -2.07. The van der Waals surface area contributed by atoms with Gasteiger partial charge in [0.1, 0.15) is 17.3 Å². The molecule has 0 aliphatic heterocycles. The molecule has 3 nitrogen and oxygen atoms in total. The van der Waals surface area contributed by atoms with Crippen molar-refractivity contribution in [1.82, 2.24) is 5.32 Å². The van der Waals surface area contributed by atoms with E-state index in [-0.39, 0.29) is 11.9 Å². The lowest BCUT2D eigenvalue weighted by Gasteiger charge is -2.16. The van der Waals surface area contributed by atoms with Gasteiger partial charge in [-0.2, -0.15) is 0 Å². The second kappa shape index (κ2) is 7.09. The molecule has 0 amide bonds. The number of halogens is 1. The molecule has 0 saturated carbocycles. The number of hydrogen-bond donors (Lipinski definition) is 1. The fourth-order valence-corrected chi connectivity index (χ4v) is 2.15. The maximum atomic E-state index is 13.2. The van der Waals surface area contributed by atoms with E-state index in [9.17, 15) is 4.39 Å². The molecule has 0 bridgehead atoms. The second-order valence-corrected chi connectivity index (χ2v) is 4.84. The highest BCUT2D eigenvalue weighted by molar-refractivity contribution is 5.40. The van der Waals surface area contributed by atoms with Gasteiger partial charge in [0.2, 0.25) is 0 Å². The zero-order chi connectivity index (χ0) is 15.2. The fraction of sp³-hybridized carbons (Fsp3) is 0.294. The third-order valence-electron chi connectivity index (χ3n) is 3.44. The van der Waals surface area contributed by atoms with Gasteiger partial charge in [-0.15, -0.1) is 0 Å². The van der Waals surface area contributed by atoms with Crippen molar-refractivity contribution in [2.75, 3.05) is 14.2 Å². The maximum Gasteiger partial charge on any atom is 0.127 e. The Labute approximate surface area is 124 Å². The van der Waals surface area contributed by atoms with Crippen molar-refractivity contribution in [1.29, 1.82) is 0 Å². The van der Waals surface area contributed by atoms with Crippen molar-refractivity contribution >= 4 is 0 Å². The second-order valence-electron chi connectivity index (χ2n) is 4.84. The summed E-state index contributed by atoms with van der Waals surface area (Å²) in [5.74, 6) is 1.31. The van der Waals surface area contributed by atoms with E-state index in [2.05, 4.69) is 5.32 Å². The Balaban J connectivity index is 2.05. The van der Waals surface area contributed by atoms with E-state index in [0.29, 0.717) is 6.54 Å². The van der Waals surface area contributed by atoms with Crippen molar-refractivity contribution in [2.24, 2.45) is 0 Å². The predicted molar refractivity (Wildman–Crippen MR) is 81.2 cm³/mol. The monoisotopic (exact) mass is 289 g/mol. The van der Waals surface area contributed by atoms with Gasteiger partial charge in [0.25, 0.3) is 0 Å². The van der Waals surface area contributed by atoms with Crippen LogP contribution >= 0.6 is 0 Å². The molecule has 0 unspecified atom stereocenters. The third kappa shape index (κ3) is 3.95. The average molecular weight is 289 g/mol. The van der Waals surface area contributed by atoms with Gasteiger partial charge in [0.15, 0.2) is 0 Å². The third-order valence-corrected chi connectivity index (χ3v) is 3.44. The van der Waals surface area contributed by atoms with Crippen LogP contribution in [0.4, 0.5) is 4.39 Å². The summed E-state index contributed by atoms with van der Waals surface area (Å²) in [7, 11) is 3.26. The minimum absolute atomic E-state index is 0.0486. The standard InChI is InChI=1S/C17H20FNO2/c1-12(13-5-4-6-15(18)9-13)19-11-14-7-8-16(20-2)10-17(14)21-3/h4-10,12,19H,11H2,1-3H3/t12-/m0/s1. The van der Waals surface area contributed by atoms with Gasteiger partial charge >= 0.3 is 0 Å². The van der Waals surface area contributed by atoms with Crippen LogP contribution in [0, 0.1) is 5.82 Å². The predicted octanol–water partition coefficient (Wildman–Crippen LogP) is 3.69. The van der Waals surface area contributed by atoms with Crippen molar-refractivity contribution < 1.29 is 13.9 Å². The normalized spacial score (nSPS) is 12.0. The average Bonchev–Trinajstić information content (AvgIpc) is 2.52. The number of rotatable bonds is 6. The van der Waals surface area contributed by atoms with Gasteiger partial charge in [0, 0.05) is 24.2 Å². The van der Waals surface area contributed by atoms with Crippen LogP contribution in [-0.4, -0.2) is 14.2 Å². The van der Waals surface area contributed by atoms with Crippen LogP contribution < -0.4 is 14.8 Å². The van der Waals surface area contributed by atoms with Crippen LogP contribution in [0.3, 0.4) is 0 Å². The Morgan fingerprint density at radius 1 is 1.10 bits per heavy atom. The van der Waals surface area contributed by atoms with E-state index >= 15 is 0 Å². The molecule has 0 heterocycles. The molecule has 2 aromatic carbocycles. The minimum Gasteiger partial charge on any atom is -0.497 e. The van der Waals surface area contributed by atoms with Crippen LogP contribution in [0.5, 0.6) is 11.5 Å². The molecule has 0 aromatic heterocycles. The van der Waals surface area contributed by atoms with Gasteiger partial charge in [-0.25, -0.2) is 4.39 Å². The van der Waals surface area contributed by atoms with Crippen LogP contribution in [0.15, 0.2) is 42.5 Å². The Morgan fingerprint density at radius 3 is 2.57 bits per heavy atom. The zero-order valence-electron chi connectivity index (χ0n) is 12.5. The number of nitrogens with one attached hydrogen (secondary N) is 1. The number of methoxy groups -OCH3 is 2. The quantitative estimate of drug-likeness (QED) is 0.879. The zero-order valence-corrected chi connectivity index (χ0v) is 12.5. The van der Waals surface area contributed by atoms with E-state index in [1.54, 1.807) is 26.4 Å². The Morgan fingerprint density at radius 2 is 1.90 bits per heavy atom. The first-order valence-electron chi connectivity index (χ1n) is 6.83. The van der Waals surface area contributed by atoms with Gasteiger partial charge in [-0.05, 0) is 30.7 Å². The molecule has 1 atom stereocenters. The van der Waals surface area contributed by atoms with Crippen molar-refractivity contribution in [2.45, 2.75) is 19.5 Å². The van der Waals surface area contributed by atoms with Crippen molar-refractivity contribution in [3.8, 4) is 11.5 Å². The van der Waals surface area contributed by atoms with E-state index in [4.69, 9.17) is 9.47 Å². The molecule has 2 rings (SSSR count). The highest BCUT2D eigenvalue weighted by Crippen LogP contribution is 2.25. The van der Waals surface area contributed by atoms with E-state index < -0.39 is 0 Å². The van der Waals surface area contributed by atoms with Gasteiger partial charge < -0.3 is 14.8 Å². The molecule has 2 aromatic rings. The summed E-state index contributed by atoms with van der Waals surface area (Å²) in [6.45, 7) is 2.63.